The fraction of sp³-hybridized carbons (Fsp3) is 0.706. The lowest BCUT2D eigenvalue weighted by Crippen LogP contribution is -2.33. The fourth-order valence-electron chi connectivity index (χ4n) is 2.99. The van der Waals surface area contributed by atoms with Crippen LogP contribution in [0.4, 0.5) is 5.82 Å². The van der Waals surface area contributed by atoms with Gasteiger partial charge < -0.3 is 10.2 Å². The van der Waals surface area contributed by atoms with Crippen LogP contribution in [-0.2, 0) is 0 Å². The lowest BCUT2D eigenvalue weighted by molar-refractivity contribution is 0.0749. The van der Waals surface area contributed by atoms with Crippen LogP contribution in [0, 0.1) is 0 Å². The summed E-state index contributed by atoms with van der Waals surface area (Å²) in [5, 5.41) is 3.43. The van der Waals surface area contributed by atoms with Gasteiger partial charge in [0.05, 0.1) is 12.4 Å². The molecule has 0 radical (unpaired) electrons. The summed E-state index contributed by atoms with van der Waals surface area (Å²) in [5.74, 6) is 0.765. The van der Waals surface area contributed by atoms with Crippen molar-refractivity contribution in [3.8, 4) is 0 Å². The third kappa shape index (κ3) is 4.68. The first kappa shape index (κ1) is 16.7. The lowest BCUT2D eigenvalue weighted by Gasteiger charge is -2.23. The van der Waals surface area contributed by atoms with Gasteiger partial charge >= 0.3 is 0 Å². The molecule has 0 aromatic carbocycles. The first-order chi connectivity index (χ1) is 10.7. The molecule has 1 saturated carbocycles. The SMILES string of the molecule is CCCN(CCC)C(=O)c1cnc(NC2CCCCC2)cn1. The van der Waals surface area contributed by atoms with E-state index in [2.05, 4.69) is 29.1 Å². The van der Waals surface area contributed by atoms with Crippen LogP contribution in [-0.4, -0.2) is 39.9 Å². The monoisotopic (exact) mass is 304 g/mol. The summed E-state index contributed by atoms with van der Waals surface area (Å²) >= 11 is 0. The Morgan fingerprint density at radius 3 is 2.36 bits per heavy atom. The first-order valence-corrected chi connectivity index (χ1v) is 8.62. The Morgan fingerprint density at radius 1 is 1.14 bits per heavy atom. The molecule has 0 unspecified atom stereocenters. The highest BCUT2D eigenvalue weighted by Gasteiger charge is 2.17. The fourth-order valence-corrected chi connectivity index (χ4v) is 2.99. The minimum atomic E-state index is -0.0135. The van der Waals surface area contributed by atoms with E-state index in [0.717, 1.165) is 31.7 Å². The molecule has 1 aliphatic carbocycles. The van der Waals surface area contributed by atoms with E-state index in [1.807, 2.05) is 4.90 Å². The highest BCUT2D eigenvalue weighted by molar-refractivity contribution is 5.92. The summed E-state index contributed by atoms with van der Waals surface area (Å²) in [7, 11) is 0. The number of hydrogen-bond acceptors (Lipinski definition) is 4. The van der Waals surface area contributed by atoms with Gasteiger partial charge in [0.25, 0.3) is 5.91 Å². The first-order valence-electron chi connectivity index (χ1n) is 8.62. The van der Waals surface area contributed by atoms with Gasteiger partial charge in [-0.2, -0.15) is 0 Å². The van der Waals surface area contributed by atoms with E-state index >= 15 is 0 Å². The largest absolute Gasteiger partial charge is 0.366 e. The Bertz CT molecular complexity index is 448. The van der Waals surface area contributed by atoms with Crippen molar-refractivity contribution in [3.05, 3.63) is 18.1 Å². The summed E-state index contributed by atoms with van der Waals surface area (Å²) in [5.41, 5.74) is 0.441. The molecule has 122 valence electrons. The second-order valence-corrected chi connectivity index (χ2v) is 6.06. The Hall–Kier alpha value is -1.65. The minimum Gasteiger partial charge on any atom is -0.366 e. The van der Waals surface area contributed by atoms with Crippen molar-refractivity contribution in [1.29, 1.82) is 0 Å². The summed E-state index contributed by atoms with van der Waals surface area (Å²) in [6.07, 6.45) is 11.5. The molecule has 1 aromatic heterocycles. The zero-order valence-electron chi connectivity index (χ0n) is 13.8. The lowest BCUT2D eigenvalue weighted by atomic mass is 9.96. The number of aromatic nitrogens is 2. The van der Waals surface area contributed by atoms with Gasteiger partial charge in [0.2, 0.25) is 0 Å². The number of carbonyl (C=O) groups is 1. The predicted octanol–water partition coefficient (Wildman–Crippen LogP) is 3.48. The van der Waals surface area contributed by atoms with Gasteiger partial charge in [0, 0.05) is 19.1 Å². The Balaban J connectivity index is 1.96. The van der Waals surface area contributed by atoms with Crippen LogP contribution in [0.15, 0.2) is 12.4 Å². The van der Waals surface area contributed by atoms with Gasteiger partial charge in [-0.3, -0.25) is 4.79 Å². The van der Waals surface area contributed by atoms with Gasteiger partial charge in [0.15, 0.2) is 0 Å². The molecule has 1 heterocycles. The standard InChI is InChI=1S/C17H28N4O/c1-3-10-21(11-4-2)17(22)15-12-19-16(13-18-15)20-14-8-6-5-7-9-14/h12-14H,3-11H2,1-2H3,(H,19,20). The molecule has 1 aliphatic rings. The van der Waals surface area contributed by atoms with Gasteiger partial charge in [-0.25, -0.2) is 9.97 Å². The quantitative estimate of drug-likeness (QED) is 0.838. The third-order valence-corrected chi connectivity index (χ3v) is 4.10. The summed E-state index contributed by atoms with van der Waals surface area (Å²) in [6.45, 7) is 5.71. The van der Waals surface area contributed by atoms with E-state index in [1.54, 1.807) is 12.4 Å². The van der Waals surface area contributed by atoms with Crippen molar-refractivity contribution in [2.24, 2.45) is 0 Å². The van der Waals surface area contributed by atoms with Gasteiger partial charge in [-0.1, -0.05) is 33.1 Å². The van der Waals surface area contributed by atoms with Gasteiger partial charge in [-0.05, 0) is 25.7 Å². The second-order valence-electron chi connectivity index (χ2n) is 6.06. The highest BCUT2D eigenvalue weighted by atomic mass is 16.2. The maximum atomic E-state index is 12.4. The van der Waals surface area contributed by atoms with Crippen LogP contribution >= 0.6 is 0 Å². The molecule has 0 aliphatic heterocycles. The van der Waals surface area contributed by atoms with E-state index in [0.29, 0.717) is 11.7 Å². The predicted molar refractivity (Wildman–Crippen MR) is 89.0 cm³/mol. The van der Waals surface area contributed by atoms with E-state index in [1.165, 1.54) is 32.1 Å². The molecule has 0 bridgehead atoms. The molecule has 22 heavy (non-hydrogen) atoms. The average molecular weight is 304 g/mol. The van der Waals surface area contributed by atoms with Crippen LogP contribution < -0.4 is 5.32 Å². The molecule has 0 atom stereocenters. The number of hydrogen-bond donors (Lipinski definition) is 1. The Labute approximate surface area is 133 Å². The van der Waals surface area contributed by atoms with Crippen LogP contribution in [0.5, 0.6) is 0 Å². The number of carbonyl (C=O) groups excluding carboxylic acids is 1. The van der Waals surface area contributed by atoms with Crippen molar-refractivity contribution in [1.82, 2.24) is 14.9 Å². The molecule has 5 heteroatoms. The van der Waals surface area contributed by atoms with Crippen molar-refractivity contribution < 1.29 is 4.79 Å². The molecule has 1 aromatic rings. The van der Waals surface area contributed by atoms with Crippen LogP contribution in [0.1, 0.15) is 69.3 Å². The Kier molecular flexibility index (Phi) is 6.62. The summed E-state index contributed by atoms with van der Waals surface area (Å²) in [6, 6.07) is 0.501. The smallest absolute Gasteiger partial charge is 0.274 e. The normalized spacial score (nSPS) is 15.5. The van der Waals surface area contributed by atoms with Crippen molar-refractivity contribution in [2.45, 2.75) is 64.8 Å². The second kappa shape index (κ2) is 8.71. The Morgan fingerprint density at radius 2 is 1.82 bits per heavy atom. The highest BCUT2D eigenvalue weighted by Crippen LogP contribution is 2.20. The number of amides is 1. The van der Waals surface area contributed by atoms with E-state index in [4.69, 9.17) is 0 Å². The molecule has 0 saturated heterocycles. The molecule has 5 nitrogen and oxygen atoms in total. The molecule has 2 rings (SSSR count). The molecule has 1 fully saturated rings. The van der Waals surface area contributed by atoms with Crippen LogP contribution in [0.25, 0.3) is 0 Å². The summed E-state index contributed by atoms with van der Waals surface area (Å²) in [4.78, 5) is 23.0. The third-order valence-electron chi connectivity index (χ3n) is 4.10. The topological polar surface area (TPSA) is 58.1 Å². The average Bonchev–Trinajstić information content (AvgIpc) is 2.56. The van der Waals surface area contributed by atoms with E-state index < -0.39 is 0 Å². The number of nitrogens with zero attached hydrogens (tertiary/aromatic N) is 3. The molecule has 1 amide bonds. The van der Waals surface area contributed by atoms with Crippen molar-refractivity contribution in [2.75, 3.05) is 18.4 Å². The zero-order chi connectivity index (χ0) is 15.8. The van der Waals surface area contributed by atoms with Gasteiger partial charge in [-0.15, -0.1) is 0 Å². The molecular weight excluding hydrogens is 276 g/mol. The van der Waals surface area contributed by atoms with Crippen LogP contribution in [0.3, 0.4) is 0 Å². The van der Waals surface area contributed by atoms with Crippen molar-refractivity contribution in [3.63, 3.8) is 0 Å². The van der Waals surface area contributed by atoms with E-state index in [-0.39, 0.29) is 5.91 Å². The maximum absolute atomic E-state index is 12.4. The maximum Gasteiger partial charge on any atom is 0.274 e. The number of rotatable bonds is 7. The molecule has 1 N–H and O–H groups in total. The van der Waals surface area contributed by atoms with Crippen LogP contribution in [0.2, 0.25) is 0 Å². The molecule has 0 spiro atoms. The van der Waals surface area contributed by atoms with E-state index in [9.17, 15) is 4.79 Å². The zero-order valence-corrected chi connectivity index (χ0v) is 13.8. The van der Waals surface area contributed by atoms with Gasteiger partial charge in [0.1, 0.15) is 11.5 Å². The molecular formula is C17H28N4O. The van der Waals surface area contributed by atoms with Crippen molar-refractivity contribution >= 4 is 11.7 Å². The summed E-state index contributed by atoms with van der Waals surface area (Å²) < 4.78 is 0. The number of nitrogens with one attached hydrogen (secondary N) is 1. The minimum absolute atomic E-state index is 0.0135. The number of anilines is 1.